The monoisotopic (exact) mass is 246 g/mol. The largest absolute Gasteiger partial charge is 0.423 e. The number of esters is 1. The summed E-state index contributed by atoms with van der Waals surface area (Å²) in [5.41, 5.74) is 1.40. The molecule has 2 aromatic carbocycles. The van der Waals surface area contributed by atoms with Crippen molar-refractivity contribution < 1.29 is 9.53 Å². The van der Waals surface area contributed by atoms with Crippen molar-refractivity contribution in [3.63, 3.8) is 0 Å². The van der Waals surface area contributed by atoms with E-state index in [0.717, 1.165) is 5.56 Å². The lowest BCUT2D eigenvalue weighted by atomic mass is 10.1. The van der Waals surface area contributed by atoms with E-state index < -0.39 is 0 Å². The van der Waals surface area contributed by atoms with Crippen molar-refractivity contribution in [1.82, 2.24) is 0 Å². The molecule has 2 rings (SSSR count). The number of hydrogen-bond donors (Lipinski definition) is 0. The molecule has 0 aliphatic rings. The fraction of sp³-hybridized carbons (Fsp3) is 0.0714. The lowest BCUT2D eigenvalue weighted by Crippen LogP contribution is -2.08. The predicted octanol–water partition coefficient (Wildman–Crippen LogP) is 3.64. The second-order valence-corrected chi connectivity index (χ2v) is 3.80. The molecule has 3 heteroatoms. The number of alkyl halides is 1. The molecule has 17 heavy (non-hydrogen) atoms. The van der Waals surface area contributed by atoms with Gasteiger partial charge in [0.25, 0.3) is 0 Å². The van der Waals surface area contributed by atoms with E-state index in [-0.39, 0.29) is 5.97 Å². The van der Waals surface area contributed by atoms with Crippen LogP contribution in [0.5, 0.6) is 5.75 Å². The zero-order valence-electron chi connectivity index (χ0n) is 9.10. The molecular formula is C14H11ClO2. The van der Waals surface area contributed by atoms with Crippen molar-refractivity contribution in [3.05, 3.63) is 65.7 Å². The average molecular weight is 247 g/mol. The van der Waals surface area contributed by atoms with Crippen LogP contribution in [0, 0.1) is 0 Å². The molecule has 0 saturated carbocycles. The van der Waals surface area contributed by atoms with Crippen molar-refractivity contribution >= 4 is 17.6 Å². The maximum absolute atomic E-state index is 11.8. The first-order chi connectivity index (χ1) is 8.29. The van der Waals surface area contributed by atoms with Gasteiger partial charge in [-0.1, -0.05) is 30.3 Å². The molecule has 0 unspecified atom stereocenters. The Labute approximate surface area is 105 Å². The Kier molecular flexibility index (Phi) is 3.78. The maximum Gasteiger partial charge on any atom is 0.343 e. The van der Waals surface area contributed by atoms with E-state index in [4.69, 9.17) is 16.3 Å². The quantitative estimate of drug-likeness (QED) is 0.470. The number of carbonyl (C=O) groups excluding carboxylic acids is 1. The molecule has 2 aromatic rings. The highest BCUT2D eigenvalue weighted by Crippen LogP contribution is 2.13. The first-order valence-electron chi connectivity index (χ1n) is 5.22. The molecule has 0 bridgehead atoms. The topological polar surface area (TPSA) is 26.3 Å². The third-order valence-corrected chi connectivity index (χ3v) is 2.58. The third-order valence-electron chi connectivity index (χ3n) is 2.27. The van der Waals surface area contributed by atoms with Crippen LogP contribution in [-0.2, 0) is 5.88 Å². The second kappa shape index (κ2) is 5.51. The van der Waals surface area contributed by atoms with Gasteiger partial charge < -0.3 is 4.74 Å². The van der Waals surface area contributed by atoms with E-state index in [1.54, 1.807) is 30.3 Å². The Hall–Kier alpha value is -1.80. The van der Waals surface area contributed by atoms with Crippen LogP contribution in [0.2, 0.25) is 0 Å². The summed E-state index contributed by atoms with van der Waals surface area (Å²) in [5, 5.41) is 0. The summed E-state index contributed by atoms with van der Waals surface area (Å²) in [6.07, 6.45) is 0. The highest BCUT2D eigenvalue weighted by molar-refractivity contribution is 6.17. The Morgan fingerprint density at radius 3 is 2.53 bits per heavy atom. The van der Waals surface area contributed by atoms with Crippen molar-refractivity contribution in [3.8, 4) is 5.75 Å². The fourth-order valence-electron chi connectivity index (χ4n) is 1.44. The van der Waals surface area contributed by atoms with Gasteiger partial charge in [0.05, 0.1) is 5.56 Å². The van der Waals surface area contributed by atoms with E-state index in [1.165, 1.54) is 0 Å². The van der Waals surface area contributed by atoms with Gasteiger partial charge in [-0.3, -0.25) is 0 Å². The molecule has 0 atom stereocenters. The van der Waals surface area contributed by atoms with Gasteiger partial charge in [0.2, 0.25) is 0 Å². The second-order valence-electron chi connectivity index (χ2n) is 3.54. The summed E-state index contributed by atoms with van der Waals surface area (Å²) in [6.45, 7) is 0. The normalized spacial score (nSPS) is 9.94. The molecule has 0 N–H and O–H groups in total. The molecule has 0 radical (unpaired) electrons. The van der Waals surface area contributed by atoms with Crippen LogP contribution in [0.25, 0.3) is 0 Å². The summed E-state index contributed by atoms with van der Waals surface area (Å²) in [6, 6.07) is 16.1. The Morgan fingerprint density at radius 1 is 1.06 bits per heavy atom. The number of ether oxygens (including phenoxy) is 1. The number of hydrogen-bond acceptors (Lipinski definition) is 2. The minimum atomic E-state index is -0.372. The standard InChI is InChI=1S/C14H11ClO2/c15-10-11-5-4-6-12(9-11)14(16)17-13-7-2-1-3-8-13/h1-9H,10H2. The lowest BCUT2D eigenvalue weighted by molar-refractivity contribution is 0.0734. The molecule has 0 spiro atoms. The summed E-state index contributed by atoms with van der Waals surface area (Å²) >= 11 is 5.71. The van der Waals surface area contributed by atoms with Crippen LogP contribution in [-0.4, -0.2) is 5.97 Å². The molecular weight excluding hydrogens is 236 g/mol. The summed E-state index contributed by atoms with van der Waals surface area (Å²) in [7, 11) is 0. The molecule has 0 fully saturated rings. The molecule has 0 aliphatic carbocycles. The van der Waals surface area contributed by atoms with Gasteiger partial charge in [0.1, 0.15) is 5.75 Å². The zero-order chi connectivity index (χ0) is 12.1. The molecule has 0 heterocycles. The summed E-state index contributed by atoms with van der Waals surface area (Å²) < 4.78 is 5.22. The number of rotatable bonds is 3. The first-order valence-corrected chi connectivity index (χ1v) is 5.75. The first kappa shape index (κ1) is 11.7. The van der Waals surface area contributed by atoms with Crippen LogP contribution in [0.1, 0.15) is 15.9 Å². The highest BCUT2D eigenvalue weighted by atomic mass is 35.5. The van der Waals surface area contributed by atoms with E-state index in [9.17, 15) is 4.79 Å². The molecule has 0 amide bonds. The van der Waals surface area contributed by atoms with E-state index >= 15 is 0 Å². The van der Waals surface area contributed by atoms with Gasteiger partial charge in [-0.25, -0.2) is 4.79 Å². The molecule has 0 saturated heterocycles. The van der Waals surface area contributed by atoms with Crippen molar-refractivity contribution in [1.29, 1.82) is 0 Å². The average Bonchev–Trinajstić information content (AvgIpc) is 2.40. The van der Waals surface area contributed by atoms with Crippen LogP contribution in [0.3, 0.4) is 0 Å². The van der Waals surface area contributed by atoms with Gasteiger partial charge >= 0.3 is 5.97 Å². The van der Waals surface area contributed by atoms with Crippen LogP contribution in [0.15, 0.2) is 54.6 Å². The fourth-order valence-corrected chi connectivity index (χ4v) is 1.60. The Morgan fingerprint density at radius 2 is 1.82 bits per heavy atom. The molecule has 2 nitrogen and oxygen atoms in total. The van der Waals surface area contributed by atoms with Crippen LogP contribution in [0.4, 0.5) is 0 Å². The maximum atomic E-state index is 11.8. The molecule has 86 valence electrons. The van der Waals surface area contributed by atoms with Gasteiger partial charge in [0.15, 0.2) is 0 Å². The van der Waals surface area contributed by atoms with Gasteiger partial charge in [-0.2, -0.15) is 0 Å². The Balaban J connectivity index is 2.14. The number of benzene rings is 2. The van der Waals surface area contributed by atoms with Crippen molar-refractivity contribution in [2.45, 2.75) is 5.88 Å². The van der Waals surface area contributed by atoms with E-state index in [2.05, 4.69) is 0 Å². The third kappa shape index (κ3) is 3.08. The van der Waals surface area contributed by atoms with E-state index in [1.807, 2.05) is 24.3 Å². The predicted molar refractivity (Wildman–Crippen MR) is 67.4 cm³/mol. The van der Waals surface area contributed by atoms with Crippen molar-refractivity contribution in [2.24, 2.45) is 0 Å². The number of para-hydroxylation sites is 1. The summed E-state index contributed by atoms with van der Waals surface area (Å²) in [5.74, 6) is 0.545. The smallest absolute Gasteiger partial charge is 0.343 e. The van der Waals surface area contributed by atoms with Gasteiger partial charge in [-0.15, -0.1) is 11.6 Å². The highest BCUT2D eigenvalue weighted by Gasteiger charge is 2.08. The summed E-state index contributed by atoms with van der Waals surface area (Å²) in [4.78, 5) is 11.8. The van der Waals surface area contributed by atoms with Crippen LogP contribution >= 0.6 is 11.6 Å². The SMILES string of the molecule is O=C(Oc1ccccc1)c1cccc(CCl)c1. The minimum Gasteiger partial charge on any atom is -0.423 e. The lowest BCUT2D eigenvalue weighted by Gasteiger charge is -2.04. The zero-order valence-corrected chi connectivity index (χ0v) is 9.85. The number of carbonyl (C=O) groups is 1. The minimum absolute atomic E-state index is 0.372. The van der Waals surface area contributed by atoms with Crippen LogP contribution < -0.4 is 4.74 Å². The number of halogens is 1. The van der Waals surface area contributed by atoms with Crippen molar-refractivity contribution in [2.75, 3.05) is 0 Å². The van der Waals surface area contributed by atoms with Gasteiger partial charge in [-0.05, 0) is 29.8 Å². The molecule has 0 aliphatic heterocycles. The molecule has 0 aromatic heterocycles. The van der Waals surface area contributed by atoms with Gasteiger partial charge in [0, 0.05) is 5.88 Å². The van der Waals surface area contributed by atoms with E-state index in [0.29, 0.717) is 17.2 Å². The Bertz CT molecular complexity index is 509.